The molecule has 0 radical (unpaired) electrons. The van der Waals surface area contributed by atoms with Gasteiger partial charge in [0.25, 0.3) is 0 Å². The van der Waals surface area contributed by atoms with Crippen LogP contribution in [0.3, 0.4) is 0 Å². The fraction of sp³-hybridized carbons (Fsp3) is 0.647. The Morgan fingerprint density at radius 2 is 2.19 bits per heavy atom. The molecule has 1 aromatic carbocycles. The molecule has 0 aliphatic carbocycles. The van der Waals surface area contributed by atoms with Gasteiger partial charge in [-0.2, -0.15) is 0 Å². The zero-order valence-electron chi connectivity index (χ0n) is 13.7. The average molecular weight is 292 g/mol. The topological polar surface area (TPSA) is 33.7 Å². The van der Waals surface area contributed by atoms with Crippen LogP contribution in [0.15, 0.2) is 18.2 Å². The Kier molecular flexibility index (Phi) is 5.88. The van der Waals surface area contributed by atoms with Gasteiger partial charge in [0.05, 0.1) is 13.7 Å². The highest BCUT2D eigenvalue weighted by atomic mass is 16.5. The fourth-order valence-electron chi connectivity index (χ4n) is 3.25. The Hall–Kier alpha value is -1.26. The van der Waals surface area contributed by atoms with E-state index in [-0.39, 0.29) is 6.04 Å². The molecule has 0 bridgehead atoms. The molecule has 2 rings (SSSR count). The van der Waals surface area contributed by atoms with Crippen molar-refractivity contribution in [3.8, 4) is 5.75 Å². The maximum atomic E-state index is 5.60. The van der Waals surface area contributed by atoms with E-state index in [1.165, 1.54) is 17.7 Å². The first kappa shape index (κ1) is 16.1. The van der Waals surface area contributed by atoms with Crippen molar-refractivity contribution in [2.75, 3.05) is 45.4 Å². The molecule has 0 aromatic heterocycles. The van der Waals surface area contributed by atoms with Crippen LogP contribution in [0.1, 0.15) is 31.9 Å². The van der Waals surface area contributed by atoms with Gasteiger partial charge in [-0.1, -0.05) is 13.0 Å². The molecule has 0 spiro atoms. The molecule has 4 heteroatoms. The van der Waals surface area contributed by atoms with Gasteiger partial charge < -0.3 is 19.7 Å². The summed E-state index contributed by atoms with van der Waals surface area (Å²) in [5.74, 6) is 1.60. The van der Waals surface area contributed by atoms with E-state index in [0.717, 1.165) is 32.0 Å². The van der Waals surface area contributed by atoms with E-state index in [1.54, 1.807) is 14.2 Å². The highest BCUT2D eigenvalue weighted by Crippen LogP contribution is 2.36. The van der Waals surface area contributed by atoms with Gasteiger partial charge in [0.1, 0.15) is 5.75 Å². The molecule has 1 fully saturated rings. The lowest BCUT2D eigenvalue weighted by molar-refractivity contribution is 0.161. The van der Waals surface area contributed by atoms with Crippen LogP contribution in [-0.4, -0.2) is 40.5 Å². The van der Waals surface area contributed by atoms with E-state index in [2.05, 4.69) is 42.3 Å². The van der Waals surface area contributed by atoms with Crippen LogP contribution < -0.4 is 15.0 Å². The molecule has 1 aliphatic heterocycles. The van der Waals surface area contributed by atoms with Crippen molar-refractivity contribution in [2.24, 2.45) is 5.92 Å². The molecule has 1 aromatic rings. The second kappa shape index (κ2) is 7.66. The summed E-state index contributed by atoms with van der Waals surface area (Å²) in [6.45, 7) is 8.28. The standard InChI is InChI=1S/C17H28N2O2/c1-5-18-13(2)17-15(7-6-8-16(17)21-4)19-10-9-14(11-19)12-20-3/h6-8,13-14,18H,5,9-12H2,1-4H3. The van der Waals surface area contributed by atoms with Crippen molar-refractivity contribution < 1.29 is 9.47 Å². The molecule has 2 unspecified atom stereocenters. The number of benzene rings is 1. The highest BCUT2D eigenvalue weighted by molar-refractivity contribution is 5.61. The summed E-state index contributed by atoms with van der Waals surface area (Å²) < 4.78 is 10.9. The van der Waals surface area contributed by atoms with E-state index in [9.17, 15) is 0 Å². The predicted molar refractivity (Wildman–Crippen MR) is 87.3 cm³/mol. The zero-order valence-corrected chi connectivity index (χ0v) is 13.7. The first-order valence-electron chi connectivity index (χ1n) is 7.85. The number of methoxy groups -OCH3 is 2. The fourth-order valence-corrected chi connectivity index (χ4v) is 3.25. The van der Waals surface area contributed by atoms with Crippen LogP contribution in [0.25, 0.3) is 0 Å². The van der Waals surface area contributed by atoms with Crippen LogP contribution in [0.2, 0.25) is 0 Å². The van der Waals surface area contributed by atoms with Crippen LogP contribution in [0.4, 0.5) is 5.69 Å². The largest absolute Gasteiger partial charge is 0.496 e. The van der Waals surface area contributed by atoms with E-state index in [1.807, 2.05) is 0 Å². The van der Waals surface area contributed by atoms with Gasteiger partial charge in [0.2, 0.25) is 0 Å². The highest BCUT2D eigenvalue weighted by Gasteiger charge is 2.26. The van der Waals surface area contributed by atoms with E-state index in [0.29, 0.717) is 5.92 Å². The number of ether oxygens (including phenoxy) is 2. The molecule has 1 heterocycles. The first-order chi connectivity index (χ1) is 10.2. The predicted octanol–water partition coefficient (Wildman–Crippen LogP) is 2.84. The summed E-state index contributed by atoms with van der Waals surface area (Å²) in [7, 11) is 3.53. The van der Waals surface area contributed by atoms with Crippen LogP contribution in [-0.2, 0) is 4.74 Å². The van der Waals surface area contributed by atoms with Gasteiger partial charge in [0.15, 0.2) is 0 Å². The Balaban J connectivity index is 2.26. The molecule has 0 amide bonds. The van der Waals surface area contributed by atoms with Gasteiger partial charge in [-0.3, -0.25) is 0 Å². The van der Waals surface area contributed by atoms with E-state index < -0.39 is 0 Å². The Bertz CT molecular complexity index is 450. The van der Waals surface area contributed by atoms with E-state index >= 15 is 0 Å². The maximum Gasteiger partial charge on any atom is 0.125 e. The van der Waals surface area contributed by atoms with Gasteiger partial charge in [-0.25, -0.2) is 0 Å². The Morgan fingerprint density at radius 1 is 1.38 bits per heavy atom. The summed E-state index contributed by atoms with van der Waals surface area (Å²) >= 11 is 0. The second-order valence-electron chi connectivity index (χ2n) is 5.73. The molecule has 1 aliphatic rings. The third kappa shape index (κ3) is 3.69. The summed E-state index contributed by atoms with van der Waals surface area (Å²) in [4.78, 5) is 2.47. The smallest absolute Gasteiger partial charge is 0.125 e. The van der Waals surface area contributed by atoms with Gasteiger partial charge in [-0.15, -0.1) is 0 Å². The van der Waals surface area contributed by atoms with Crippen molar-refractivity contribution in [3.63, 3.8) is 0 Å². The van der Waals surface area contributed by atoms with Crippen LogP contribution >= 0.6 is 0 Å². The molecule has 1 saturated heterocycles. The van der Waals surface area contributed by atoms with E-state index in [4.69, 9.17) is 9.47 Å². The monoisotopic (exact) mass is 292 g/mol. The summed E-state index contributed by atoms with van der Waals surface area (Å²) in [6, 6.07) is 6.62. The SMILES string of the molecule is CCNC(C)c1c(OC)cccc1N1CCC(COC)C1. The zero-order chi connectivity index (χ0) is 15.2. The minimum absolute atomic E-state index is 0.280. The molecular formula is C17H28N2O2. The number of hydrogen-bond acceptors (Lipinski definition) is 4. The summed E-state index contributed by atoms with van der Waals surface area (Å²) in [5.41, 5.74) is 2.56. The lowest BCUT2D eigenvalue weighted by Crippen LogP contribution is -2.26. The maximum absolute atomic E-state index is 5.60. The lowest BCUT2D eigenvalue weighted by Gasteiger charge is -2.27. The van der Waals surface area contributed by atoms with Crippen molar-refractivity contribution in [1.82, 2.24) is 5.32 Å². The first-order valence-corrected chi connectivity index (χ1v) is 7.85. The molecule has 4 nitrogen and oxygen atoms in total. The summed E-state index contributed by atoms with van der Waals surface area (Å²) in [6.07, 6.45) is 1.19. The van der Waals surface area contributed by atoms with Crippen molar-refractivity contribution in [3.05, 3.63) is 23.8 Å². The Morgan fingerprint density at radius 3 is 2.86 bits per heavy atom. The van der Waals surface area contributed by atoms with Gasteiger partial charge in [0, 0.05) is 43.4 Å². The third-order valence-corrected chi connectivity index (χ3v) is 4.24. The molecule has 2 atom stereocenters. The molecule has 21 heavy (non-hydrogen) atoms. The number of nitrogens with zero attached hydrogens (tertiary/aromatic N) is 1. The summed E-state index contributed by atoms with van der Waals surface area (Å²) in [5, 5.41) is 3.51. The molecule has 0 saturated carbocycles. The van der Waals surface area contributed by atoms with Crippen molar-refractivity contribution in [2.45, 2.75) is 26.3 Å². The molecule has 118 valence electrons. The number of rotatable bonds is 7. The number of hydrogen-bond donors (Lipinski definition) is 1. The molecule has 1 N–H and O–H groups in total. The van der Waals surface area contributed by atoms with Gasteiger partial charge >= 0.3 is 0 Å². The molecular weight excluding hydrogens is 264 g/mol. The van der Waals surface area contributed by atoms with Crippen LogP contribution in [0.5, 0.6) is 5.75 Å². The minimum Gasteiger partial charge on any atom is -0.496 e. The average Bonchev–Trinajstić information content (AvgIpc) is 2.95. The Labute approximate surface area is 128 Å². The lowest BCUT2D eigenvalue weighted by atomic mass is 10.0. The number of anilines is 1. The minimum atomic E-state index is 0.280. The second-order valence-corrected chi connectivity index (χ2v) is 5.73. The van der Waals surface area contributed by atoms with Crippen LogP contribution in [0, 0.1) is 5.92 Å². The van der Waals surface area contributed by atoms with Crippen molar-refractivity contribution in [1.29, 1.82) is 0 Å². The number of nitrogens with one attached hydrogen (secondary N) is 1. The third-order valence-electron chi connectivity index (χ3n) is 4.24. The van der Waals surface area contributed by atoms with Crippen molar-refractivity contribution >= 4 is 5.69 Å². The normalized spacial score (nSPS) is 19.8. The van der Waals surface area contributed by atoms with Gasteiger partial charge in [-0.05, 0) is 32.0 Å². The quantitative estimate of drug-likeness (QED) is 0.838.